The second kappa shape index (κ2) is 7.51. The van der Waals surface area contributed by atoms with Gasteiger partial charge in [0.15, 0.2) is 10.5 Å². The number of ether oxygens (including phenoxy) is 1. The highest BCUT2D eigenvalue weighted by atomic mass is 32.1. The van der Waals surface area contributed by atoms with Crippen molar-refractivity contribution in [3.05, 3.63) is 46.3 Å². The summed E-state index contributed by atoms with van der Waals surface area (Å²) in [6.07, 6.45) is 0. The van der Waals surface area contributed by atoms with E-state index in [9.17, 15) is 9.18 Å². The number of aryl methyl sites for hydroxylation is 1. The highest BCUT2D eigenvalue weighted by Gasteiger charge is 2.15. The Labute approximate surface area is 154 Å². The van der Waals surface area contributed by atoms with Crippen molar-refractivity contribution in [2.24, 2.45) is 4.99 Å². The van der Waals surface area contributed by atoms with Crippen LogP contribution in [0.5, 0.6) is 0 Å². The Balaban J connectivity index is 2.07. The van der Waals surface area contributed by atoms with Gasteiger partial charge in [-0.05, 0) is 45.0 Å². The fourth-order valence-electron chi connectivity index (χ4n) is 2.79. The molecule has 6 nitrogen and oxygen atoms in total. The van der Waals surface area contributed by atoms with E-state index in [0.29, 0.717) is 23.6 Å². The summed E-state index contributed by atoms with van der Waals surface area (Å²) in [5.41, 5.74) is 2.03. The van der Waals surface area contributed by atoms with Gasteiger partial charge >= 0.3 is 0 Å². The summed E-state index contributed by atoms with van der Waals surface area (Å²) in [5, 5.41) is 4.35. The van der Waals surface area contributed by atoms with E-state index in [4.69, 9.17) is 4.74 Å². The molecule has 2 heterocycles. The molecule has 26 heavy (non-hydrogen) atoms. The zero-order valence-electron chi connectivity index (χ0n) is 15.2. The molecule has 0 N–H and O–H groups in total. The van der Waals surface area contributed by atoms with Crippen LogP contribution < -0.4 is 4.80 Å². The van der Waals surface area contributed by atoms with E-state index in [1.807, 2.05) is 25.3 Å². The molecule has 0 aliphatic heterocycles. The van der Waals surface area contributed by atoms with E-state index in [2.05, 4.69) is 10.1 Å². The summed E-state index contributed by atoms with van der Waals surface area (Å²) in [4.78, 5) is 17.4. The number of rotatable bonds is 5. The van der Waals surface area contributed by atoms with E-state index in [1.165, 1.54) is 23.5 Å². The SMILES string of the molecule is COCCn1c(=NC(=O)c2cc(C)n(C(C)C)n2)sc2cc(F)ccc21. The monoisotopic (exact) mass is 376 g/mol. The molecule has 8 heteroatoms. The molecule has 0 aliphatic carbocycles. The normalized spacial score (nSPS) is 12.5. The van der Waals surface area contributed by atoms with Crippen molar-refractivity contribution in [3.8, 4) is 0 Å². The predicted molar refractivity (Wildman–Crippen MR) is 98.9 cm³/mol. The number of carbonyl (C=O) groups is 1. The molecule has 0 unspecified atom stereocenters. The van der Waals surface area contributed by atoms with Crippen molar-refractivity contribution >= 4 is 27.5 Å². The number of nitrogens with zero attached hydrogens (tertiary/aromatic N) is 4. The molecule has 0 spiro atoms. The molecule has 2 aromatic heterocycles. The van der Waals surface area contributed by atoms with Crippen molar-refractivity contribution in [2.75, 3.05) is 13.7 Å². The van der Waals surface area contributed by atoms with Crippen LogP contribution >= 0.6 is 11.3 Å². The quantitative estimate of drug-likeness (QED) is 0.686. The van der Waals surface area contributed by atoms with Crippen LogP contribution in [0.4, 0.5) is 4.39 Å². The number of aromatic nitrogens is 3. The third-order valence-electron chi connectivity index (χ3n) is 3.99. The fraction of sp³-hybridized carbons (Fsp3) is 0.389. The van der Waals surface area contributed by atoms with Gasteiger partial charge in [-0.1, -0.05) is 11.3 Å². The first-order valence-electron chi connectivity index (χ1n) is 8.33. The topological polar surface area (TPSA) is 61.4 Å². The van der Waals surface area contributed by atoms with Gasteiger partial charge in [0.1, 0.15) is 5.82 Å². The van der Waals surface area contributed by atoms with Gasteiger partial charge in [0.25, 0.3) is 5.91 Å². The molecule has 3 rings (SSSR count). The summed E-state index contributed by atoms with van der Waals surface area (Å²) in [5.74, 6) is -0.729. The molecule has 3 aromatic rings. The van der Waals surface area contributed by atoms with E-state index in [1.54, 1.807) is 23.9 Å². The summed E-state index contributed by atoms with van der Waals surface area (Å²) in [7, 11) is 1.61. The van der Waals surface area contributed by atoms with Crippen LogP contribution in [0.25, 0.3) is 10.2 Å². The van der Waals surface area contributed by atoms with E-state index < -0.39 is 5.91 Å². The number of hydrogen-bond acceptors (Lipinski definition) is 4. The molecule has 0 radical (unpaired) electrons. The third-order valence-corrected chi connectivity index (χ3v) is 5.03. The van der Waals surface area contributed by atoms with E-state index in [-0.39, 0.29) is 11.9 Å². The summed E-state index contributed by atoms with van der Waals surface area (Å²) >= 11 is 1.27. The lowest BCUT2D eigenvalue weighted by Crippen LogP contribution is -2.19. The maximum absolute atomic E-state index is 13.5. The highest BCUT2D eigenvalue weighted by molar-refractivity contribution is 7.16. The van der Waals surface area contributed by atoms with Crippen LogP contribution in [0, 0.1) is 12.7 Å². The average Bonchev–Trinajstić information content (AvgIpc) is 3.13. The van der Waals surface area contributed by atoms with Crippen molar-refractivity contribution in [1.82, 2.24) is 14.3 Å². The van der Waals surface area contributed by atoms with Crippen LogP contribution in [0.15, 0.2) is 29.3 Å². The van der Waals surface area contributed by atoms with Crippen molar-refractivity contribution in [3.63, 3.8) is 0 Å². The Hall–Kier alpha value is -2.32. The average molecular weight is 376 g/mol. The molecular formula is C18H21FN4O2S. The second-order valence-corrected chi connectivity index (χ2v) is 7.28. The molecule has 0 saturated carbocycles. The second-order valence-electron chi connectivity index (χ2n) is 6.27. The van der Waals surface area contributed by atoms with Gasteiger partial charge in [0.05, 0.1) is 16.8 Å². The number of thiazole rings is 1. The predicted octanol–water partition coefficient (Wildman–Crippen LogP) is 3.32. The first kappa shape index (κ1) is 18.5. The number of amides is 1. The van der Waals surface area contributed by atoms with Gasteiger partial charge < -0.3 is 9.30 Å². The molecule has 0 bridgehead atoms. The number of benzene rings is 1. The number of carbonyl (C=O) groups excluding carboxylic acids is 1. The minimum Gasteiger partial charge on any atom is -0.383 e. The van der Waals surface area contributed by atoms with Gasteiger partial charge in [-0.2, -0.15) is 10.1 Å². The zero-order chi connectivity index (χ0) is 18.8. The van der Waals surface area contributed by atoms with Crippen LogP contribution in [-0.4, -0.2) is 34.0 Å². The molecule has 1 amide bonds. The van der Waals surface area contributed by atoms with Crippen molar-refractivity contribution < 1.29 is 13.9 Å². The Bertz CT molecular complexity index is 1020. The summed E-state index contributed by atoms with van der Waals surface area (Å²) in [6.45, 7) is 6.90. The number of halogens is 1. The van der Waals surface area contributed by atoms with Gasteiger partial charge in [-0.15, -0.1) is 0 Å². The molecular weight excluding hydrogens is 355 g/mol. The standard InChI is InChI=1S/C18H21FN4O2S/c1-11(2)23-12(3)9-14(21-23)17(24)20-18-22(7-8-25-4)15-6-5-13(19)10-16(15)26-18/h5-6,9-11H,7-8H2,1-4H3. The molecule has 138 valence electrons. The van der Waals surface area contributed by atoms with Gasteiger partial charge in [-0.25, -0.2) is 4.39 Å². The Morgan fingerprint density at radius 3 is 2.81 bits per heavy atom. The third kappa shape index (κ3) is 3.61. The lowest BCUT2D eigenvalue weighted by atomic mass is 10.3. The van der Waals surface area contributed by atoms with Crippen LogP contribution in [0.3, 0.4) is 0 Å². The smallest absolute Gasteiger partial charge is 0.300 e. The van der Waals surface area contributed by atoms with E-state index in [0.717, 1.165) is 15.9 Å². The van der Waals surface area contributed by atoms with Crippen molar-refractivity contribution in [1.29, 1.82) is 0 Å². The summed E-state index contributed by atoms with van der Waals surface area (Å²) in [6, 6.07) is 6.44. The largest absolute Gasteiger partial charge is 0.383 e. The first-order valence-corrected chi connectivity index (χ1v) is 9.15. The van der Waals surface area contributed by atoms with Crippen LogP contribution in [-0.2, 0) is 11.3 Å². The Morgan fingerprint density at radius 1 is 1.38 bits per heavy atom. The lowest BCUT2D eigenvalue weighted by Gasteiger charge is -2.06. The Morgan fingerprint density at radius 2 is 2.15 bits per heavy atom. The van der Waals surface area contributed by atoms with Gasteiger partial charge in [0, 0.05) is 25.4 Å². The fourth-order valence-corrected chi connectivity index (χ4v) is 3.87. The van der Waals surface area contributed by atoms with Crippen LogP contribution in [0.1, 0.15) is 36.1 Å². The minimum absolute atomic E-state index is 0.162. The lowest BCUT2D eigenvalue weighted by molar-refractivity contribution is 0.0991. The molecule has 0 fully saturated rings. The van der Waals surface area contributed by atoms with Gasteiger partial charge in [0.2, 0.25) is 0 Å². The number of hydrogen-bond donors (Lipinski definition) is 0. The highest BCUT2D eigenvalue weighted by Crippen LogP contribution is 2.19. The van der Waals surface area contributed by atoms with E-state index >= 15 is 0 Å². The first-order chi connectivity index (χ1) is 12.4. The Kier molecular flexibility index (Phi) is 5.33. The maximum atomic E-state index is 13.5. The van der Waals surface area contributed by atoms with Gasteiger partial charge in [-0.3, -0.25) is 9.48 Å². The molecule has 1 aromatic carbocycles. The number of methoxy groups -OCH3 is 1. The van der Waals surface area contributed by atoms with Crippen LogP contribution in [0.2, 0.25) is 0 Å². The molecule has 0 aliphatic rings. The maximum Gasteiger partial charge on any atom is 0.300 e. The zero-order valence-corrected chi connectivity index (χ0v) is 16.0. The summed E-state index contributed by atoms with van der Waals surface area (Å²) < 4.78 is 23.1. The number of fused-ring (bicyclic) bond motifs is 1. The van der Waals surface area contributed by atoms with Crippen molar-refractivity contribution in [2.45, 2.75) is 33.4 Å². The molecule has 0 atom stereocenters. The molecule has 0 saturated heterocycles. The minimum atomic E-state index is -0.411.